The van der Waals surface area contributed by atoms with Crippen LogP contribution in [0.5, 0.6) is 0 Å². The lowest BCUT2D eigenvalue weighted by atomic mass is 10.0. The quantitative estimate of drug-likeness (QED) is 0.735. The molecule has 0 aromatic heterocycles. The number of hydrogen-bond donors (Lipinski definition) is 1. The number of benzene rings is 1. The Kier molecular flexibility index (Phi) is 7.68. The molecule has 0 fully saturated rings. The highest BCUT2D eigenvalue weighted by atomic mass is 35.5. The first-order chi connectivity index (χ1) is 8.63. The van der Waals surface area contributed by atoms with Gasteiger partial charge in [0.05, 0.1) is 6.61 Å². The fourth-order valence-corrected chi connectivity index (χ4v) is 2.25. The van der Waals surface area contributed by atoms with Crippen LogP contribution in [0.25, 0.3) is 0 Å². The molecule has 0 spiro atoms. The summed E-state index contributed by atoms with van der Waals surface area (Å²) in [7, 11) is 1.72. The summed E-state index contributed by atoms with van der Waals surface area (Å²) < 4.78 is 4.99. The second-order valence-electron chi connectivity index (χ2n) is 4.58. The molecular weight excluding hydrogens is 269 g/mol. The van der Waals surface area contributed by atoms with Gasteiger partial charge in [-0.15, -0.1) is 0 Å². The summed E-state index contributed by atoms with van der Waals surface area (Å²) in [5.41, 5.74) is 1.17. The highest BCUT2D eigenvalue weighted by molar-refractivity contribution is 6.35. The molecule has 1 aromatic rings. The SMILES string of the molecule is COCCNCC(C)CCc1ccc(Cl)cc1Cl. The highest BCUT2D eigenvalue weighted by Crippen LogP contribution is 2.23. The first kappa shape index (κ1) is 15.8. The maximum Gasteiger partial charge on any atom is 0.0587 e. The number of methoxy groups -OCH3 is 1. The van der Waals surface area contributed by atoms with Gasteiger partial charge in [-0.3, -0.25) is 0 Å². The number of aryl methyl sites for hydroxylation is 1. The van der Waals surface area contributed by atoms with E-state index in [1.165, 1.54) is 5.56 Å². The fourth-order valence-electron chi connectivity index (χ4n) is 1.75. The molecule has 1 aromatic carbocycles. The molecule has 0 amide bonds. The monoisotopic (exact) mass is 289 g/mol. The van der Waals surface area contributed by atoms with Crippen molar-refractivity contribution in [2.24, 2.45) is 5.92 Å². The van der Waals surface area contributed by atoms with Crippen molar-refractivity contribution in [3.8, 4) is 0 Å². The minimum absolute atomic E-state index is 0.619. The van der Waals surface area contributed by atoms with Crippen molar-refractivity contribution in [2.75, 3.05) is 26.8 Å². The minimum Gasteiger partial charge on any atom is -0.383 e. The summed E-state index contributed by atoms with van der Waals surface area (Å²) in [5.74, 6) is 0.619. The van der Waals surface area contributed by atoms with Crippen molar-refractivity contribution in [1.82, 2.24) is 5.32 Å². The van der Waals surface area contributed by atoms with Gasteiger partial charge in [0.15, 0.2) is 0 Å². The molecule has 18 heavy (non-hydrogen) atoms. The van der Waals surface area contributed by atoms with Gasteiger partial charge in [-0.2, -0.15) is 0 Å². The zero-order valence-electron chi connectivity index (χ0n) is 11.0. The summed E-state index contributed by atoms with van der Waals surface area (Å²) in [5, 5.41) is 4.83. The molecule has 0 radical (unpaired) electrons. The van der Waals surface area contributed by atoms with Crippen LogP contribution in [-0.4, -0.2) is 26.8 Å². The van der Waals surface area contributed by atoms with E-state index in [0.29, 0.717) is 10.9 Å². The largest absolute Gasteiger partial charge is 0.383 e. The molecule has 0 aliphatic rings. The molecule has 102 valence electrons. The lowest BCUT2D eigenvalue weighted by Crippen LogP contribution is -2.25. The van der Waals surface area contributed by atoms with Gasteiger partial charge in [0, 0.05) is 23.7 Å². The third-order valence-electron chi connectivity index (χ3n) is 2.90. The molecular formula is C14H21Cl2NO. The molecule has 0 aliphatic heterocycles. The molecule has 0 aliphatic carbocycles. The second-order valence-corrected chi connectivity index (χ2v) is 5.42. The molecule has 1 rings (SSSR count). The number of hydrogen-bond acceptors (Lipinski definition) is 2. The Hall–Kier alpha value is -0.280. The predicted octanol–water partition coefficient (Wildman–Crippen LogP) is 3.80. The van der Waals surface area contributed by atoms with Crippen molar-refractivity contribution < 1.29 is 4.74 Å². The summed E-state index contributed by atoms with van der Waals surface area (Å²) in [6.45, 7) is 4.91. The van der Waals surface area contributed by atoms with E-state index in [4.69, 9.17) is 27.9 Å². The number of ether oxygens (including phenoxy) is 1. The average molecular weight is 290 g/mol. The number of halogens is 2. The van der Waals surface area contributed by atoms with Crippen LogP contribution >= 0.6 is 23.2 Å². The molecule has 1 N–H and O–H groups in total. The lowest BCUT2D eigenvalue weighted by molar-refractivity contribution is 0.198. The van der Waals surface area contributed by atoms with Gasteiger partial charge in [-0.1, -0.05) is 36.2 Å². The fraction of sp³-hybridized carbons (Fsp3) is 0.571. The normalized spacial score (nSPS) is 12.7. The lowest BCUT2D eigenvalue weighted by Gasteiger charge is -2.13. The first-order valence-electron chi connectivity index (χ1n) is 6.27. The standard InChI is InChI=1S/C14H21Cl2NO/c1-11(10-17-7-8-18-2)3-4-12-5-6-13(15)9-14(12)16/h5-6,9,11,17H,3-4,7-8,10H2,1-2H3. The molecule has 0 saturated carbocycles. The molecule has 0 saturated heterocycles. The molecule has 4 heteroatoms. The Balaban J connectivity index is 2.27. The smallest absolute Gasteiger partial charge is 0.0587 e. The van der Waals surface area contributed by atoms with Crippen LogP contribution in [0.1, 0.15) is 18.9 Å². The molecule has 2 nitrogen and oxygen atoms in total. The average Bonchev–Trinajstić information content (AvgIpc) is 2.33. The van der Waals surface area contributed by atoms with E-state index in [1.54, 1.807) is 13.2 Å². The first-order valence-corrected chi connectivity index (χ1v) is 7.02. The summed E-state index contributed by atoms with van der Waals surface area (Å²) in [4.78, 5) is 0. The van der Waals surface area contributed by atoms with Crippen LogP contribution < -0.4 is 5.32 Å². The van der Waals surface area contributed by atoms with Crippen LogP contribution in [0.2, 0.25) is 10.0 Å². The second kappa shape index (κ2) is 8.76. The van der Waals surface area contributed by atoms with Crippen molar-refractivity contribution in [3.05, 3.63) is 33.8 Å². The van der Waals surface area contributed by atoms with Gasteiger partial charge in [0.1, 0.15) is 0 Å². The van der Waals surface area contributed by atoms with Gasteiger partial charge in [-0.25, -0.2) is 0 Å². The Morgan fingerprint density at radius 2 is 2.11 bits per heavy atom. The van der Waals surface area contributed by atoms with Crippen molar-refractivity contribution in [1.29, 1.82) is 0 Å². The summed E-state index contributed by atoms with van der Waals surface area (Å²) in [6, 6.07) is 5.71. The number of nitrogens with one attached hydrogen (secondary N) is 1. The molecule has 0 heterocycles. The minimum atomic E-state index is 0.619. The van der Waals surface area contributed by atoms with Gasteiger partial charge < -0.3 is 10.1 Å². The zero-order valence-corrected chi connectivity index (χ0v) is 12.5. The van der Waals surface area contributed by atoms with E-state index in [1.807, 2.05) is 12.1 Å². The van der Waals surface area contributed by atoms with E-state index in [-0.39, 0.29) is 0 Å². The van der Waals surface area contributed by atoms with Gasteiger partial charge in [0.25, 0.3) is 0 Å². The highest BCUT2D eigenvalue weighted by Gasteiger charge is 2.05. The van der Waals surface area contributed by atoms with E-state index in [2.05, 4.69) is 12.2 Å². The zero-order chi connectivity index (χ0) is 13.4. The van der Waals surface area contributed by atoms with E-state index in [9.17, 15) is 0 Å². The number of rotatable bonds is 8. The van der Waals surface area contributed by atoms with Crippen LogP contribution in [0, 0.1) is 5.92 Å². The van der Waals surface area contributed by atoms with E-state index >= 15 is 0 Å². The van der Waals surface area contributed by atoms with Crippen LogP contribution in [0.15, 0.2) is 18.2 Å². The van der Waals surface area contributed by atoms with Crippen LogP contribution in [-0.2, 0) is 11.2 Å². The van der Waals surface area contributed by atoms with Crippen LogP contribution in [0.3, 0.4) is 0 Å². The Bertz CT molecular complexity index is 358. The summed E-state index contributed by atoms with van der Waals surface area (Å²) >= 11 is 12.0. The molecule has 1 atom stereocenters. The molecule has 1 unspecified atom stereocenters. The maximum absolute atomic E-state index is 6.14. The van der Waals surface area contributed by atoms with Gasteiger partial charge in [0.2, 0.25) is 0 Å². The van der Waals surface area contributed by atoms with Crippen LogP contribution in [0.4, 0.5) is 0 Å². The topological polar surface area (TPSA) is 21.3 Å². The van der Waals surface area contributed by atoms with Gasteiger partial charge in [-0.05, 0) is 43.0 Å². The molecule has 0 bridgehead atoms. The van der Waals surface area contributed by atoms with Crippen molar-refractivity contribution in [3.63, 3.8) is 0 Å². The van der Waals surface area contributed by atoms with Crippen molar-refractivity contribution >= 4 is 23.2 Å². The van der Waals surface area contributed by atoms with E-state index < -0.39 is 0 Å². The van der Waals surface area contributed by atoms with Crippen molar-refractivity contribution in [2.45, 2.75) is 19.8 Å². The van der Waals surface area contributed by atoms with E-state index in [0.717, 1.165) is 37.6 Å². The van der Waals surface area contributed by atoms with Gasteiger partial charge >= 0.3 is 0 Å². The Labute approximate surface area is 120 Å². The predicted molar refractivity (Wildman–Crippen MR) is 78.7 cm³/mol. The third-order valence-corrected chi connectivity index (χ3v) is 3.48. The maximum atomic E-state index is 6.14. The summed E-state index contributed by atoms with van der Waals surface area (Å²) in [6.07, 6.45) is 2.10. The Morgan fingerprint density at radius 1 is 1.33 bits per heavy atom. The third kappa shape index (κ3) is 6.05. The Morgan fingerprint density at radius 3 is 2.78 bits per heavy atom.